The number of hydrogen-bond donors (Lipinski definition) is 1. The predicted molar refractivity (Wildman–Crippen MR) is 105 cm³/mol. The molecule has 3 aromatic rings. The van der Waals surface area contributed by atoms with Crippen LogP contribution in [0.25, 0.3) is 11.0 Å². The third-order valence-corrected chi connectivity index (χ3v) is 5.21. The van der Waals surface area contributed by atoms with Gasteiger partial charge in [-0.1, -0.05) is 23.7 Å². The molecule has 144 valence electrons. The maximum Gasteiger partial charge on any atom is 0.323 e. The number of halogens is 1. The summed E-state index contributed by atoms with van der Waals surface area (Å²) >= 11 is 6.20. The number of amides is 1. The summed E-state index contributed by atoms with van der Waals surface area (Å²) in [5.41, 5.74) is 2.15. The number of anilines is 1. The number of imidazole rings is 1. The molecule has 0 bridgehead atoms. The number of fused-ring (bicyclic) bond motifs is 1. The molecule has 0 aliphatic carbocycles. The molecule has 0 saturated carbocycles. The Hall–Kier alpha value is -3.06. The maximum atomic E-state index is 12.7. The van der Waals surface area contributed by atoms with Crippen LogP contribution in [-0.2, 0) is 16.1 Å². The van der Waals surface area contributed by atoms with Crippen LogP contribution in [0.4, 0.5) is 5.69 Å². The molecule has 1 amide bonds. The summed E-state index contributed by atoms with van der Waals surface area (Å²) in [6, 6.07) is 12.6. The van der Waals surface area contributed by atoms with Gasteiger partial charge in [-0.3, -0.25) is 9.59 Å². The molecule has 1 N–H and O–H groups in total. The number of para-hydroxylation sites is 2. The Labute approximate surface area is 166 Å². The van der Waals surface area contributed by atoms with Crippen LogP contribution in [0.1, 0.15) is 18.2 Å². The Morgan fingerprint density at radius 3 is 2.82 bits per heavy atom. The van der Waals surface area contributed by atoms with E-state index in [4.69, 9.17) is 16.3 Å². The minimum absolute atomic E-state index is 0.0554. The topological polar surface area (TPSA) is 84.7 Å². The highest BCUT2D eigenvalue weighted by Gasteiger charge is 2.35. The first-order chi connectivity index (χ1) is 13.5. The number of aromatic nitrogens is 2. The fourth-order valence-electron chi connectivity index (χ4n) is 3.66. The highest BCUT2D eigenvalue weighted by molar-refractivity contribution is 6.32. The van der Waals surface area contributed by atoms with E-state index in [1.54, 1.807) is 27.7 Å². The van der Waals surface area contributed by atoms with Gasteiger partial charge in [-0.15, -0.1) is 0 Å². The first-order valence-corrected chi connectivity index (χ1v) is 9.16. The molecule has 2 aromatic carbocycles. The van der Waals surface area contributed by atoms with E-state index in [0.29, 0.717) is 28.8 Å². The number of aliphatic carboxylic acids is 1. The fourth-order valence-corrected chi connectivity index (χ4v) is 3.91. The number of nitrogens with zero attached hydrogens (tertiary/aromatic N) is 3. The molecule has 1 aliphatic heterocycles. The van der Waals surface area contributed by atoms with Crippen LogP contribution < -0.4 is 9.64 Å². The van der Waals surface area contributed by atoms with Gasteiger partial charge in [0.25, 0.3) is 0 Å². The summed E-state index contributed by atoms with van der Waals surface area (Å²) in [7, 11) is 1.53. The molecule has 4 rings (SSSR count). The Kier molecular flexibility index (Phi) is 4.68. The van der Waals surface area contributed by atoms with Crippen molar-refractivity contribution in [3.63, 3.8) is 0 Å². The largest absolute Gasteiger partial charge is 0.495 e. The SMILES string of the molecule is COc1ccc(N2CC(c3nc4ccccc4n3CC(=O)O)CC2=O)cc1Cl. The Bertz CT molecular complexity index is 1080. The van der Waals surface area contributed by atoms with E-state index in [9.17, 15) is 14.7 Å². The quantitative estimate of drug-likeness (QED) is 0.711. The summed E-state index contributed by atoms with van der Waals surface area (Å²) < 4.78 is 6.84. The van der Waals surface area contributed by atoms with Crippen molar-refractivity contribution < 1.29 is 19.4 Å². The molecule has 7 nitrogen and oxygen atoms in total. The number of rotatable bonds is 5. The summed E-state index contributed by atoms with van der Waals surface area (Å²) in [4.78, 5) is 30.3. The van der Waals surface area contributed by atoms with Crippen molar-refractivity contribution in [1.82, 2.24) is 9.55 Å². The Morgan fingerprint density at radius 1 is 1.32 bits per heavy atom. The Balaban J connectivity index is 1.69. The summed E-state index contributed by atoms with van der Waals surface area (Å²) in [5.74, 6) is -0.0660. The molecule has 0 spiro atoms. The van der Waals surface area contributed by atoms with E-state index >= 15 is 0 Å². The molecule has 0 radical (unpaired) electrons. The van der Waals surface area contributed by atoms with Crippen molar-refractivity contribution in [3.8, 4) is 5.75 Å². The summed E-state index contributed by atoms with van der Waals surface area (Å²) in [6.45, 7) is 0.208. The lowest BCUT2D eigenvalue weighted by Crippen LogP contribution is -2.24. The molecule has 2 heterocycles. The zero-order chi connectivity index (χ0) is 19.8. The van der Waals surface area contributed by atoms with Gasteiger partial charge in [0.15, 0.2) is 0 Å². The monoisotopic (exact) mass is 399 g/mol. The molecule has 8 heteroatoms. The zero-order valence-corrected chi connectivity index (χ0v) is 15.9. The van der Waals surface area contributed by atoms with E-state index < -0.39 is 5.97 Å². The van der Waals surface area contributed by atoms with Gasteiger partial charge in [0.05, 0.1) is 23.2 Å². The molecule has 1 saturated heterocycles. The summed E-state index contributed by atoms with van der Waals surface area (Å²) in [6.07, 6.45) is 0.257. The second-order valence-electron chi connectivity index (χ2n) is 6.66. The lowest BCUT2D eigenvalue weighted by atomic mass is 10.1. The van der Waals surface area contributed by atoms with Gasteiger partial charge in [0, 0.05) is 24.6 Å². The van der Waals surface area contributed by atoms with Crippen molar-refractivity contribution in [3.05, 3.63) is 53.3 Å². The average molecular weight is 400 g/mol. The highest BCUT2D eigenvalue weighted by atomic mass is 35.5. The summed E-state index contributed by atoms with van der Waals surface area (Å²) in [5, 5.41) is 9.75. The van der Waals surface area contributed by atoms with Crippen molar-refractivity contribution in [2.24, 2.45) is 0 Å². The van der Waals surface area contributed by atoms with E-state index in [1.165, 1.54) is 7.11 Å². The molecule has 1 fully saturated rings. The standard InChI is InChI=1S/C20H18ClN3O4/c1-28-17-7-6-13(9-14(17)21)23-10-12(8-18(23)25)20-22-15-4-2-3-5-16(15)24(20)11-19(26)27/h2-7,9,12H,8,10-11H2,1H3,(H,26,27). The van der Waals surface area contributed by atoms with E-state index in [1.807, 2.05) is 24.3 Å². The molecule has 28 heavy (non-hydrogen) atoms. The average Bonchev–Trinajstić information content (AvgIpc) is 3.22. The lowest BCUT2D eigenvalue weighted by Gasteiger charge is -2.18. The van der Waals surface area contributed by atoms with Crippen LogP contribution in [0, 0.1) is 0 Å². The van der Waals surface area contributed by atoms with Crippen LogP contribution >= 0.6 is 11.6 Å². The third-order valence-electron chi connectivity index (χ3n) is 4.91. The van der Waals surface area contributed by atoms with Gasteiger partial charge >= 0.3 is 5.97 Å². The van der Waals surface area contributed by atoms with Gasteiger partial charge in [0.1, 0.15) is 18.1 Å². The number of carbonyl (C=O) groups is 2. The Morgan fingerprint density at radius 2 is 2.11 bits per heavy atom. The van der Waals surface area contributed by atoms with Gasteiger partial charge < -0.3 is 19.3 Å². The number of carboxylic acid groups (broad SMARTS) is 1. The van der Waals surface area contributed by atoms with E-state index in [2.05, 4.69) is 4.98 Å². The fraction of sp³-hybridized carbons (Fsp3) is 0.250. The number of hydrogen-bond acceptors (Lipinski definition) is 4. The second kappa shape index (κ2) is 7.16. The van der Waals surface area contributed by atoms with Gasteiger partial charge in [-0.05, 0) is 30.3 Å². The molecule has 1 atom stereocenters. The smallest absolute Gasteiger partial charge is 0.323 e. The van der Waals surface area contributed by atoms with Crippen LogP contribution in [0.3, 0.4) is 0 Å². The van der Waals surface area contributed by atoms with Gasteiger partial charge in [-0.25, -0.2) is 4.98 Å². The molecule has 1 unspecified atom stereocenters. The van der Waals surface area contributed by atoms with Crippen molar-refractivity contribution in [2.45, 2.75) is 18.9 Å². The maximum absolute atomic E-state index is 12.7. The lowest BCUT2D eigenvalue weighted by molar-refractivity contribution is -0.137. The number of methoxy groups -OCH3 is 1. The van der Waals surface area contributed by atoms with Crippen molar-refractivity contribution in [1.29, 1.82) is 0 Å². The van der Waals surface area contributed by atoms with Crippen LogP contribution in [0.5, 0.6) is 5.75 Å². The van der Waals surface area contributed by atoms with Crippen LogP contribution in [-0.4, -0.2) is 40.2 Å². The number of benzene rings is 2. The molecule has 1 aromatic heterocycles. The van der Waals surface area contributed by atoms with Gasteiger partial charge in [0.2, 0.25) is 5.91 Å². The number of carboxylic acids is 1. The first-order valence-electron chi connectivity index (χ1n) is 8.78. The van der Waals surface area contributed by atoms with E-state index in [-0.39, 0.29) is 24.8 Å². The second-order valence-corrected chi connectivity index (χ2v) is 7.07. The van der Waals surface area contributed by atoms with Gasteiger partial charge in [-0.2, -0.15) is 0 Å². The van der Waals surface area contributed by atoms with E-state index in [0.717, 1.165) is 11.0 Å². The van der Waals surface area contributed by atoms with Crippen LogP contribution in [0.15, 0.2) is 42.5 Å². The minimum atomic E-state index is -0.951. The normalized spacial score (nSPS) is 16.7. The molecular weight excluding hydrogens is 382 g/mol. The van der Waals surface area contributed by atoms with Crippen LogP contribution in [0.2, 0.25) is 5.02 Å². The minimum Gasteiger partial charge on any atom is -0.495 e. The zero-order valence-electron chi connectivity index (χ0n) is 15.1. The number of carbonyl (C=O) groups excluding carboxylic acids is 1. The van der Waals surface area contributed by atoms with Crippen molar-refractivity contribution >= 4 is 40.2 Å². The first kappa shape index (κ1) is 18.3. The predicted octanol–water partition coefficient (Wildman–Crippen LogP) is 3.30. The van der Waals surface area contributed by atoms with Crippen molar-refractivity contribution in [2.75, 3.05) is 18.6 Å². The third kappa shape index (κ3) is 3.18. The molecule has 1 aliphatic rings. The molecular formula is C20H18ClN3O4. The highest BCUT2D eigenvalue weighted by Crippen LogP contribution is 2.36. The number of ether oxygens (including phenoxy) is 1.